The molecule has 0 saturated carbocycles. The van der Waals surface area contributed by atoms with Gasteiger partial charge in [0.2, 0.25) is 0 Å². The second kappa shape index (κ2) is 6.01. The van der Waals surface area contributed by atoms with Gasteiger partial charge in [0, 0.05) is 12.0 Å². The summed E-state index contributed by atoms with van der Waals surface area (Å²) in [6.07, 6.45) is 0.391. The fraction of sp³-hybridized carbons (Fsp3) is 0.583. The van der Waals surface area contributed by atoms with Gasteiger partial charge in [0.15, 0.2) is 0 Å². The number of hydrogen-bond acceptors (Lipinski definition) is 4. The average Bonchev–Trinajstić information content (AvgIpc) is 2.54. The summed E-state index contributed by atoms with van der Waals surface area (Å²) in [5, 5.41) is 15.7. The van der Waals surface area contributed by atoms with Crippen LogP contribution in [0, 0.1) is 13.8 Å². The molecule has 1 heterocycles. The molecular formula is C12H19N3O3S. The molecule has 1 aromatic rings. The number of thiazole rings is 1. The lowest BCUT2D eigenvalue weighted by Gasteiger charge is -2.25. The molecule has 0 atom stereocenters. The molecule has 0 fully saturated rings. The van der Waals surface area contributed by atoms with Gasteiger partial charge in [0.25, 0.3) is 0 Å². The number of aromatic nitrogens is 1. The second-order valence-corrected chi connectivity index (χ2v) is 6.21. The first-order valence-corrected chi connectivity index (χ1v) is 6.76. The Hall–Kier alpha value is -1.63. The van der Waals surface area contributed by atoms with Crippen molar-refractivity contribution in [1.82, 2.24) is 10.3 Å². The van der Waals surface area contributed by atoms with E-state index < -0.39 is 11.5 Å². The third kappa shape index (κ3) is 5.25. The molecule has 19 heavy (non-hydrogen) atoms. The maximum Gasteiger partial charge on any atom is 0.320 e. The topological polar surface area (TPSA) is 91.3 Å². The number of rotatable bonds is 5. The van der Waals surface area contributed by atoms with Crippen molar-refractivity contribution in [1.29, 1.82) is 0 Å². The predicted octanol–water partition coefficient (Wildman–Crippen LogP) is 2.52. The van der Waals surface area contributed by atoms with Crippen molar-refractivity contribution < 1.29 is 14.7 Å². The van der Waals surface area contributed by atoms with Gasteiger partial charge in [0.1, 0.15) is 5.00 Å². The van der Waals surface area contributed by atoms with E-state index in [-0.39, 0.29) is 12.5 Å². The maximum atomic E-state index is 11.8. The Balaban J connectivity index is 2.55. The van der Waals surface area contributed by atoms with Gasteiger partial charge in [-0.2, -0.15) is 0 Å². The molecule has 2 amide bonds. The fourth-order valence-corrected chi connectivity index (χ4v) is 2.39. The van der Waals surface area contributed by atoms with E-state index in [1.54, 1.807) is 13.8 Å². The van der Waals surface area contributed by atoms with Crippen LogP contribution in [0.3, 0.4) is 0 Å². The number of nitrogens with one attached hydrogen (secondary N) is 2. The van der Waals surface area contributed by atoms with Crippen LogP contribution >= 0.6 is 11.3 Å². The lowest BCUT2D eigenvalue weighted by molar-refractivity contribution is -0.137. The van der Waals surface area contributed by atoms with Crippen LogP contribution in [0.15, 0.2) is 0 Å². The van der Waals surface area contributed by atoms with E-state index in [9.17, 15) is 9.59 Å². The third-order valence-electron chi connectivity index (χ3n) is 2.55. The predicted molar refractivity (Wildman–Crippen MR) is 74.7 cm³/mol. The Bertz CT molecular complexity index is 483. The third-order valence-corrected chi connectivity index (χ3v) is 3.53. The highest BCUT2D eigenvalue weighted by molar-refractivity contribution is 7.16. The Kier molecular flexibility index (Phi) is 4.88. The van der Waals surface area contributed by atoms with Gasteiger partial charge in [-0.3, -0.25) is 10.1 Å². The summed E-state index contributed by atoms with van der Waals surface area (Å²) in [5.41, 5.74) is 0.205. The molecule has 0 aliphatic heterocycles. The molecule has 0 unspecified atom stereocenters. The summed E-state index contributed by atoms with van der Waals surface area (Å²) in [5.74, 6) is -0.871. The van der Waals surface area contributed by atoms with Gasteiger partial charge in [-0.25, -0.2) is 9.78 Å². The molecule has 0 aromatic carbocycles. The Morgan fingerprint density at radius 2 is 2.00 bits per heavy atom. The molecule has 0 aliphatic rings. The number of urea groups is 1. The van der Waals surface area contributed by atoms with Gasteiger partial charge in [-0.15, -0.1) is 11.3 Å². The van der Waals surface area contributed by atoms with Crippen LogP contribution in [-0.4, -0.2) is 27.6 Å². The van der Waals surface area contributed by atoms with Crippen LogP contribution in [0.4, 0.5) is 9.80 Å². The molecule has 0 aliphatic carbocycles. The average molecular weight is 285 g/mol. The number of carbonyl (C=O) groups excluding carboxylic acids is 1. The molecule has 1 aromatic heterocycles. The first-order chi connectivity index (χ1) is 8.69. The lowest BCUT2D eigenvalue weighted by Crippen LogP contribution is -2.45. The quantitative estimate of drug-likeness (QED) is 0.775. The van der Waals surface area contributed by atoms with Crippen molar-refractivity contribution in [2.75, 3.05) is 5.32 Å². The molecular weight excluding hydrogens is 266 g/mol. The standard InChI is InChI=1S/C12H19N3O3S/c1-7-10(19-8(2)13-7)14-11(18)15-12(3,4)6-5-9(16)17/h5-6H2,1-4H3,(H,16,17)(H2,14,15,18). The van der Waals surface area contributed by atoms with Crippen molar-refractivity contribution >= 4 is 28.3 Å². The first-order valence-electron chi connectivity index (χ1n) is 5.94. The maximum absolute atomic E-state index is 11.8. The minimum Gasteiger partial charge on any atom is -0.481 e. The molecule has 0 saturated heterocycles. The van der Waals surface area contributed by atoms with Crippen molar-refractivity contribution in [3.05, 3.63) is 10.7 Å². The molecule has 106 valence electrons. The molecule has 7 heteroatoms. The lowest BCUT2D eigenvalue weighted by atomic mass is 9.99. The molecule has 0 bridgehead atoms. The molecule has 3 N–H and O–H groups in total. The highest BCUT2D eigenvalue weighted by Gasteiger charge is 2.22. The van der Waals surface area contributed by atoms with Crippen LogP contribution in [0.5, 0.6) is 0 Å². The van der Waals surface area contributed by atoms with Crippen molar-refractivity contribution in [3.63, 3.8) is 0 Å². The van der Waals surface area contributed by atoms with Crippen molar-refractivity contribution in [2.45, 2.75) is 46.1 Å². The van der Waals surface area contributed by atoms with E-state index >= 15 is 0 Å². The van der Waals surface area contributed by atoms with Gasteiger partial charge in [0.05, 0.1) is 10.7 Å². The van der Waals surface area contributed by atoms with Crippen LogP contribution in [-0.2, 0) is 4.79 Å². The fourth-order valence-electron chi connectivity index (χ4n) is 1.57. The number of nitrogens with zero attached hydrogens (tertiary/aromatic N) is 1. The number of aliphatic carboxylic acids is 1. The minimum atomic E-state index is -0.871. The Morgan fingerprint density at radius 1 is 1.37 bits per heavy atom. The van der Waals surface area contributed by atoms with Crippen LogP contribution in [0.1, 0.15) is 37.4 Å². The summed E-state index contributed by atoms with van der Waals surface area (Å²) in [6.45, 7) is 7.28. The monoisotopic (exact) mass is 285 g/mol. The van der Waals surface area contributed by atoms with Gasteiger partial charge < -0.3 is 10.4 Å². The van der Waals surface area contributed by atoms with Crippen LogP contribution < -0.4 is 10.6 Å². The molecule has 1 rings (SSSR count). The zero-order valence-electron chi connectivity index (χ0n) is 11.5. The highest BCUT2D eigenvalue weighted by atomic mass is 32.1. The Morgan fingerprint density at radius 3 is 2.47 bits per heavy atom. The van der Waals surface area contributed by atoms with Crippen LogP contribution in [0.2, 0.25) is 0 Å². The van der Waals surface area contributed by atoms with E-state index in [1.165, 1.54) is 11.3 Å². The van der Waals surface area contributed by atoms with Gasteiger partial charge in [-0.1, -0.05) is 0 Å². The number of carbonyl (C=O) groups is 2. The van der Waals surface area contributed by atoms with E-state index in [0.29, 0.717) is 11.4 Å². The van der Waals surface area contributed by atoms with E-state index in [1.807, 2.05) is 13.8 Å². The summed E-state index contributed by atoms with van der Waals surface area (Å²) < 4.78 is 0. The van der Waals surface area contributed by atoms with Crippen LogP contribution in [0.25, 0.3) is 0 Å². The number of carboxylic acid groups (broad SMARTS) is 1. The molecule has 0 radical (unpaired) electrons. The van der Waals surface area contributed by atoms with E-state index in [2.05, 4.69) is 15.6 Å². The van der Waals surface area contributed by atoms with Gasteiger partial charge >= 0.3 is 12.0 Å². The number of hydrogen-bond donors (Lipinski definition) is 3. The second-order valence-electron chi connectivity index (χ2n) is 5.00. The number of carboxylic acids is 1. The normalized spacial score (nSPS) is 11.2. The van der Waals surface area contributed by atoms with Gasteiger partial charge in [-0.05, 0) is 34.1 Å². The number of anilines is 1. The zero-order chi connectivity index (χ0) is 14.6. The number of aryl methyl sites for hydroxylation is 2. The van der Waals surface area contributed by atoms with E-state index in [4.69, 9.17) is 5.11 Å². The van der Waals surface area contributed by atoms with Crippen molar-refractivity contribution in [3.8, 4) is 0 Å². The molecule has 6 nitrogen and oxygen atoms in total. The summed E-state index contributed by atoms with van der Waals surface area (Å²) in [4.78, 5) is 26.6. The zero-order valence-corrected chi connectivity index (χ0v) is 12.3. The minimum absolute atomic E-state index is 0.0198. The van der Waals surface area contributed by atoms with Crippen molar-refractivity contribution in [2.24, 2.45) is 0 Å². The summed E-state index contributed by atoms with van der Waals surface area (Å²) in [7, 11) is 0. The summed E-state index contributed by atoms with van der Waals surface area (Å²) in [6, 6.07) is -0.345. The summed E-state index contributed by atoms with van der Waals surface area (Å²) >= 11 is 1.41. The smallest absolute Gasteiger partial charge is 0.320 e. The number of amides is 2. The first kappa shape index (κ1) is 15.4. The SMILES string of the molecule is Cc1nc(C)c(NC(=O)NC(C)(C)CCC(=O)O)s1. The van der Waals surface area contributed by atoms with E-state index in [0.717, 1.165) is 10.7 Å². The Labute approximate surface area is 116 Å². The largest absolute Gasteiger partial charge is 0.481 e. The molecule has 0 spiro atoms. The highest BCUT2D eigenvalue weighted by Crippen LogP contribution is 2.23.